The number of methoxy groups -OCH3 is 1. The van der Waals surface area contributed by atoms with Gasteiger partial charge in [-0.25, -0.2) is 0 Å². The monoisotopic (exact) mass is 398 g/mol. The molecule has 1 aliphatic carbocycles. The second-order valence-electron chi connectivity index (χ2n) is 5.63. The Bertz CT molecular complexity index is 649. The fourth-order valence-electron chi connectivity index (χ4n) is 2.83. The van der Waals surface area contributed by atoms with Crippen LogP contribution in [0, 0.1) is 11.8 Å². The van der Waals surface area contributed by atoms with Crippen molar-refractivity contribution in [3.8, 4) is 5.75 Å². The number of ether oxygens (including phenoxy) is 1. The van der Waals surface area contributed by atoms with Gasteiger partial charge < -0.3 is 9.84 Å². The lowest BCUT2D eigenvalue weighted by Crippen LogP contribution is -2.47. The summed E-state index contributed by atoms with van der Waals surface area (Å²) in [6.45, 7) is 0. The van der Waals surface area contributed by atoms with Crippen LogP contribution >= 0.6 is 15.9 Å². The number of halogens is 1. The molecule has 0 spiro atoms. The number of carboxylic acids is 1. The Morgan fingerprint density at radius 1 is 1.17 bits per heavy atom. The van der Waals surface area contributed by atoms with E-state index in [-0.39, 0.29) is 0 Å². The summed E-state index contributed by atoms with van der Waals surface area (Å²) >= 11 is 3.28. The molecule has 0 unspecified atom stereocenters. The number of carbonyl (C=O) groups excluding carboxylic acids is 2. The Labute approximate surface area is 147 Å². The Morgan fingerprint density at radius 3 is 2.42 bits per heavy atom. The molecule has 3 N–H and O–H groups in total. The molecule has 2 amide bonds. The zero-order valence-electron chi connectivity index (χ0n) is 13.2. The smallest absolute Gasteiger partial charge is 0.307 e. The number of carboxylic acid groups (broad SMARTS) is 1. The van der Waals surface area contributed by atoms with Crippen LogP contribution in [0.4, 0.5) is 0 Å². The minimum Gasteiger partial charge on any atom is -0.496 e. The molecule has 0 saturated heterocycles. The number of nitrogens with one attached hydrogen (secondary N) is 2. The average Bonchev–Trinajstić information content (AvgIpc) is 2.59. The van der Waals surface area contributed by atoms with Gasteiger partial charge in [-0.1, -0.05) is 12.8 Å². The molecule has 1 fully saturated rings. The highest BCUT2D eigenvalue weighted by Crippen LogP contribution is 2.30. The van der Waals surface area contributed by atoms with Crippen LogP contribution in [0.2, 0.25) is 0 Å². The van der Waals surface area contributed by atoms with E-state index in [1.54, 1.807) is 18.2 Å². The zero-order chi connectivity index (χ0) is 17.7. The van der Waals surface area contributed by atoms with Crippen LogP contribution in [-0.4, -0.2) is 30.0 Å². The SMILES string of the molecule is COc1ccc(C(=O)NNC(=O)[C@@H]2CCCC[C@@H]2C(=O)O)cc1Br. The molecule has 8 heteroatoms. The van der Waals surface area contributed by atoms with Crippen molar-refractivity contribution in [1.82, 2.24) is 10.9 Å². The van der Waals surface area contributed by atoms with Gasteiger partial charge in [0.05, 0.1) is 23.4 Å². The van der Waals surface area contributed by atoms with Gasteiger partial charge in [-0.05, 0) is 47.0 Å². The zero-order valence-corrected chi connectivity index (χ0v) is 14.8. The molecule has 0 aromatic heterocycles. The molecule has 0 radical (unpaired) electrons. The van der Waals surface area contributed by atoms with Gasteiger partial charge in [0.15, 0.2) is 0 Å². The van der Waals surface area contributed by atoms with Gasteiger partial charge in [-0.2, -0.15) is 0 Å². The van der Waals surface area contributed by atoms with Crippen LogP contribution in [0.1, 0.15) is 36.0 Å². The third-order valence-electron chi connectivity index (χ3n) is 4.13. The van der Waals surface area contributed by atoms with Crippen LogP contribution < -0.4 is 15.6 Å². The van der Waals surface area contributed by atoms with E-state index in [9.17, 15) is 19.5 Å². The highest BCUT2D eigenvalue weighted by atomic mass is 79.9. The lowest BCUT2D eigenvalue weighted by molar-refractivity contribution is -0.149. The van der Waals surface area contributed by atoms with Crippen LogP contribution in [-0.2, 0) is 9.59 Å². The number of amides is 2. The van der Waals surface area contributed by atoms with E-state index in [1.165, 1.54) is 7.11 Å². The summed E-state index contributed by atoms with van der Waals surface area (Å²) in [7, 11) is 1.52. The van der Waals surface area contributed by atoms with Crippen molar-refractivity contribution >= 4 is 33.7 Å². The van der Waals surface area contributed by atoms with E-state index in [0.717, 1.165) is 12.8 Å². The summed E-state index contributed by atoms with van der Waals surface area (Å²) in [5.41, 5.74) is 5.00. The number of carbonyl (C=O) groups is 3. The molecule has 2 rings (SSSR count). The lowest BCUT2D eigenvalue weighted by atomic mass is 9.79. The molecule has 1 saturated carbocycles. The topological polar surface area (TPSA) is 105 Å². The van der Waals surface area contributed by atoms with Gasteiger partial charge in [0.1, 0.15) is 5.75 Å². The number of hydrazine groups is 1. The Morgan fingerprint density at radius 2 is 1.83 bits per heavy atom. The summed E-state index contributed by atoms with van der Waals surface area (Å²) < 4.78 is 5.70. The summed E-state index contributed by atoms with van der Waals surface area (Å²) in [5, 5.41) is 9.21. The molecule has 0 bridgehead atoms. The van der Waals surface area contributed by atoms with Crippen molar-refractivity contribution in [2.24, 2.45) is 11.8 Å². The third kappa shape index (κ3) is 4.25. The van der Waals surface area contributed by atoms with Crippen molar-refractivity contribution in [3.05, 3.63) is 28.2 Å². The van der Waals surface area contributed by atoms with Crippen LogP contribution in [0.15, 0.2) is 22.7 Å². The van der Waals surface area contributed by atoms with E-state index in [0.29, 0.717) is 28.6 Å². The van der Waals surface area contributed by atoms with E-state index >= 15 is 0 Å². The van der Waals surface area contributed by atoms with Gasteiger partial charge in [0.25, 0.3) is 5.91 Å². The first kappa shape index (κ1) is 18.3. The number of hydrogen-bond donors (Lipinski definition) is 3. The van der Waals surface area contributed by atoms with Crippen molar-refractivity contribution in [2.45, 2.75) is 25.7 Å². The van der Waals surface area contributed by atoms with Crippen LogP contribution in [0.5, 0.6) is 5.75 Å². The Hall–Kier alpha value is -2.09. The molecule has 1 aromatic rings. The second kappa shape index (κ2) is 8.14. The molecule has 0 heterocycles. The third-order valence-corrected chi connectivity index (χ3v) is 4.75. The minimum atomic E-state index is -0.972. The molecule has 0 aliphatic heterocycles. The average molecular weight is 399 g/mol. The highest BCUT2D eigenvalue weighted by Gasteiger charge is 2.35. The lowest BCUT2D eigenvalue weighted by Gasteiger charge is -2.27. The van der Waals surface area contributed by atoms with Gasteiger partial charge in [0, 0.05) is 5.56 Å². The maximum absolute atomic E-state index is 12.2. The maximum Gasteiger partial charge on any atom is 0.307 e. The molecule has 24 heavy (non-hydrogen) atoms. The van der Waals surface area contributed by atoms with E-state index in [4.69, 9.17) is 4.74 Å². The van der Waals surface area contributed by atoms with Crippen molar-refractivity contribution < 1.29 is 24.2 Å². The molecule has 130 valence electrons. The predicted octanol–water partition coefficient (Wildman–Crippen LogP) is 2.11. The number of benzene rings is 1. The van der Waals surface area contributed by atoms with Crippen LogP contribution in [0.25, 0.3) is 0 Å². The summed E-state index contributed by atoms with van der Waals surface area (Å²) in [6.07, 6.45) is 2.59. The Balaban J connectivity index is 1.96. The quantitative estimate of drug-likeness (QED) is 0.673. The van der Waals surface area contributed by atoms with E-state index in [1.807, 2.05) is 0 Å². The van der Waals surface area contributed by atoms with E-state index in [2.05, 4.69) is 26.8 Å². The molecule has 2 atom stereocenters. The summed E-state index contributed by atoms with van der Waals surface area (Å²) in [5.74, 6) is -2.68. The van der Waals surface area contributed by atoms with Crippen LogP contribution in [0.3, 0.4) is 0 Å². The highest BCUT2D eigenvalue weighted by molar-refractivity contribution is 9.10. The van der Waals surface area contributed by atoms with Crippen molar-refractivity contribution in [2.75, 3.05) is 7.11 Å². The number of hydrogen-bond acceptors (Lipinski definition) is 4. The van der Waals surface area contributed by atoms with Gasteiger partial charge in [-0.15, -0.1) is 0 Å². The second-order valence-corrected chi connectivity index (χ2v) is 6.48. The van der Waals surface area contributed by atoms with Crippen molar-refractivity contribution in [3.63, 3.8) is 0 Å². The first-order valence-corrected chi connectivity index (χ1v) is 8.40. The molecule has 1 aromatic carbocycles. The van der Waals surface area contributed by atoms with Crippen molar-refractivity contribution in [1.29, 1.82) is 0 Å². The number of aliphatic carboxylic acids is 1. The van der Waals surface area contributed by atoms with Gasteiger partial charge >= 0.3 is 5.97 Å². The Kier molecular flexibility index (Phi) is 6.19. The predicted molar refractivity (Wildman–Crippen MR) is 89.4 cm³/mol. The van der Waals surface area contributed by atoms with E-state index < -0.39 is 29.6 Å². The first-order valence-electron chi connectivity index (χ1n) is 7.60. The van der Waals surface area contributed by atoms with Gasteiger partial charge in [-0.3, -0.25) is 25.2 Å². The molecule has 1 aliphatic rings. The van der Waals surface area contributed by atoms with Gasteiger partial charge in [0.2, 0.25) is 5.91 Å². The fourth-order valence-corrected chi connectivity index (χ4v) is 3.37. The fraction of sp³-hybridized carbons (Fsp3) is 0.438. The molecule has 7 nitrogen and oxygen atoms in total. The molecular weight excluding hydrogens is 380 g/mol. The first-order chi connectivity index (χ1) is 11.4. The normalized spacial score (nSPS) is 20.1. The standard InChI is InChI=1S/C16H19BrN2O5/c1-24-13-7-6-9(8-12(13)17)14(20)18-19-15(21)10-4-2-3-5-11(10)16(22)23/h6-8,10-11H,2-5H2,1H3,(H,18,20)(H,19,21)(H,22,23)/t10-,11+/m1/s1. The summed E-state index contributed by atoms with van der Waals surface area (Å²) in [4.78, 5) is 35.5. The molecular formula is C16H19BrN2O5. The largest absolute Gasteiger partial charge is 0.496 e. The number of rotatable bonds is 4. The summed E-state index contributed by atoms with van der Waals surface area (Å²) in [6, 6.07) is 4.76. The minimum absolute atomic E-state index is 0.335. The maximum atomic E-state index is 12.2.